The predicted octanol–water partition coefficient (Wildman–Crippen LogP) is 0.734. The van der Waals surface area contributed by atoms with Crippen molar-refractivity contribution in [3.05, 3.63) is 28.1 Å². The number of aromatic nitrogens is 6. The number of nitrogens with one attached hydrogen (secondary N) is 1. The predicted molar refractivity (Wildman–Crippen MR) is 113 cm³/mol. The van der Waals surface area contributed by atoms with Gasteiger partial charge >= 0.3 is 5.82 Å². The first-order chi connectivity index (χ1) is 13.5. The van der Waals surface area contributed by atoms with Crippen molar-refractivity contribution in [1.82, 2.24) is 33.8 Å². The molecule has 0 aromatic carbocycles. The number of morpholine rings is 1. The quantitative estimate of drug-likeness (QED) is 0.439. The van der Waals surface area contributed by atoms with E-state index in [1.807, 2.05) is 0 Å². The van der Waals surface area contributed by atoms with Crippen molar-refractivity contribution in [3.8, 4) is 11.5 Å². The van der Waals surface area contributed by atoms with Gasteiger partial charge in [-0.25, -0.2) is 19.2 Å². The lowest BCUT2D eigenvalue weighted by molar-refractivity contribution is -0.391. The van der Waals surface area contributed by atoms with Gasteiger partial charge in [-0.05, 0) is 4.92 Å². The molecule has 0 atom stereocenters. The Bertz CT molecular complexity index is 1100. The molecule has 4 heterocycles. The molecular formula is C16H23Cl2N9O3. The third-order valence-electron chi connectivity index (χ3n) is 4.98. The maximum Gasteiger partial charge on any atom is 0.342 e. The van der Waals surface area contributed by atoms with E-state index in [0.29, 0.717) is 29.1 Å². The van der Waals surface area contributed by atoms with Gasteiger partial charge in [-0.2, -0.15) is 5.10 Å². The van der Waals surface area contributed by atoms with Crippen LogP contribution in [0.15, 0.2) is 12.5 Å². The fraction of sp³-hybridized carbons (Fsp3) is 0.500. The molecule has 3 aromatic rings. The Morgan fingerprint density at radius 3 is 2.53 bits per heavy atom. The summed E-state index contributed by atoms with van der Waals surface area (Å²) in [6, 6.07) is 0. The summed E-state index contributed by atoms with van der Waals surface area (Å²) < 4.78 is 10.1. The van der Waals surface area contributed by atoms with Crippen LogP contribution < -0.4 is 5.49 Å². The van der Waals surface area contributed by atoms with E-state index in [-0.39, 0.29) is 36.1 Å². The average molecular weight is 460 g/mol. The Hall–Kier alpha value is -2.54. The van der Waals surface area contributed by atoms with Crippen LogP contribution in [0.3, 0.4) is 0 Å². The summed E-state index contributed by atoms with van der Waals surface area (Å²) in [4.78, 5) is 21.5. The Balaban J connectivity index is 0.00000160. The molecule has 4 rings (SSSR count). The first-order valence-corrected chi connectivity index (χ1v) is 8.90. The van der Waals surface area contributed by atoms with Gasteiger partial charge < -0.3 is 19.4 Å². The van der Waals surface area contributed by atoms with Crippen LogP contribution in [0.1, 0.15) is 0 Å². The Kier molecular flexibility index (Phi) is 7.53. The van der Waals surface area contributed by atoms with Crippen LogP contribution in [0.2, 0.25) is 0 Å². The Labute approximate surface area is 183 Å². The van der Waals surface area contributed by atoms with Crippen molar-refractivity contribution in [2.75, 3.05) is 32.8 Å². The zero-order chi connectivity index (χ0) is 19.8. The summed E-state index contributed by atoms with van der Waals surface area (Å²) in [5.41, 5.74) is 1.20. The molecule has 0 saturated carbocycles. The molecule has 1 fully saturated rings. The number of rotatable bonds is 5. The van der Waals surface area contributed by atoms with E-state index in [0.717, 1.165) is 32.8 Å². The highest BCUT2D eigenvalue weighted by atomic mass is 35.5. The SMILES string of the molecule is Cl.Cl.Cn1c([N+](=O)[O-])cnc1-c1nn(C)c2ncn(CCN3CCOCC3)c(=N)c12. The molecule has 12 nitrogen and oxygen atoms in total. The molecule has 3 aromatic heterocycles. The van der Waals surface area contributed by atoms with Crippen LogP contribution >= 0.6 is 24.8 Å². The highest BCUT2D eigenvalue weighted by Gasteiger charge is 2.25. The minimum atomic E-state index is -0.496. The summed E-state index contributed by atoms with van der Waals surface area (Å²) in [7, 11) is 3.29. The topological polar surface area (TPSA) is 133 Å². The third kappa shape index (κ3) is 4.17. The van der Waals surface area contributed by atoms with E-state index in [1.165, 1.54) is 10.8 Å². The summed E-state index contributed by atoms with van der Waals surface area (Å²) in [5, 5.41) is 24.8. The van der Waals surface area contributed by atoms with Gasteiger partial charge in [-0.3, -0.25) is 10.3 Å². The molecule has 1 aliphatic heterocycles. The van der Waals surface area contributed by atoms with Gasteiger partial charge in [-0.1, -0.05) is 0 Å². The van der Waals surface area contributed by atoms with Gasteiger partial charge in [-0.15, -0.1) is 24.8 Å². The summed E-state index contributed by atoms with van der Waals surface area (Å²) in [6.45, 7) is 4.59. The maximum atomic E-state index is 11.1. The zero-order valence-corrected chi connectivity index (χ0v) is 18.1. The first-order valence-electron chi connectivity index (χ1n) is 8.90. The Morgan fingerprint density at radius 1 is 1.20 bits per heavy atom. The van der Waals surface area contributed by atoms with Gasteiger partial charge in [0.15, 0.2) is 11.3 Å². The van der Waals surface area contributed by atoms with Gasteiger partial charge in [0.25, 0.3) is 0 Å². The molecule has 1 N–H and O–H groups in total. The van der Waals surface area contributed by atoms with Gasteiger partial charge in [0.1, 0.15) is 11.7 Å². The van der Waals surface area contributed by atoms with Crippen LogP contribution in [-0.4, -0.2) is 71.6 Å². The lowest BCUT2D eigenvalue weighted by atomic mass is 10.2. The minimum Gasteiger partial charge on any atom is -0.379 e. The van der Waals surface area contributed by atoms with Crippen molar-refractivity contribution < 1.29 is 9.66 Å². The normalized spacial score (nSPS) is 14.3. The van der Waals surface area contributed by atoms with E-state index in [9.17, 15) is 10.1 Å². The monoisotopic (exact) mass is 459 g/mol. The first kappa shape index (κ1) is 23.7. The van der Waals surface area contributed by atoms with E-state index >= 15 is 0 Å². The molecule has 164 valence electrons. The number of ether oxygens (including phenoxy) is 1. The van der Waals surface area contributed by atoms with Crippen molar-refractivity contribution in [3.63, 3.8) is 0 Å². The van der Waals surface area contributed by atoms with Crippen molar-refractivity contribution >= 4 is 41.7 Å². The highest BCUT2D eigenvalue weighted by molar-refractivity contribution is 5.88. The Morgan fingerprint density at radius 2 is 1.90 bits per heavy atom. The van der Waals surface area contributed by atoms with Gasteiger partial charge in [0.2, 0.25) is 5.82 Å². The fourth-order valence-corrected chi connectivity index (χ4v) is 3.40. The molecule has 1 aliphatic rings. The molecule has 0 amide bonds. The van der Waals surface area contributed by atoms with E-state index in [1.54, 1.807) is 29.7 Å². The number of imidazole rings is 1. The molecule has 30 heavy (non-hydrogen) atoms. The molecule has 0 spiro atoms. The number of halogens is 2. The van der Waals surface area contributed by atoms with Crippen LogP contribution in [0.25, 0.3) is 22.6 Å². The average Bonchev–Trinajstić information content (AvgIpc) is 3.22. The number of fused-ring (bicyclic) bond motifs is 1. The van der Waals surface area contributed by atoms with Crippen molar-refractivity contribution in [2.24, 2.45) is 14.1 Å². The zero-order valence-electron chi connectivity index (χ0n) is 16.5. The molecular weight excluding hydrogens is 437 g/mol. The highest BCUT2D eigenvalue weighted by Crippen LogP contribution is 2.25. The smallest absolute Gasteiger partial charge is 0.342 e. The molecule has 0 bridgehead atoms. The molecule has 0 unspecified atom stereocenters. The molecule has 0 aliphatic carbocycles. The largest absolute Gasteiger partial charge is 0.379 e. The van der Waals surface area contributed by atoms with Crippen LogP contribution in [0, 0.1) is 15.5 Å². The fourth-order valence-electron chi connectivity index (χ4n) is 3.40. The van der Waals surface area contributed by atoms with E-state index in [4.69, 9.17) is 10.1 Å². The number of aryl methyl sites for hydroxylation is 1. The standard InChI is InChI=1S/C16H21N9O3.2ClH/c1-21-11(25(26)27)9-18-16(21)13-12-14(17)24(10-19-15(12)22(2)20-13)4-3-23-5-7-28-8-6-23;;/h9-10,17H,3-8H2,1-2H3;2*1H. The number of hydrogen-bond acceptors (Lipinski definition) is 8. The number of nitrogens with zero attached hydrogens (tertiary/aromatic N) is 8. The lowest BCUT2D eigenvalue weighted by Gasteiger charge is -2.26. The van der Waals surface area contributed by atoms with Gasteiger partial charge in [0, 0.05) is 33.2 Å². The second kappa shape index (κ2) is 9.51. The van der Waals surface area contributed by atoms with Crippen LogP contribution in [0.5, 0.6) is 0 Å². The minimum absolute atomic E-state index is 0. The number of nitro groups is 1. The summed E-state index contributed by atoms with van der Waals surface area (Å²) in [6.07, 6.45) is 2.83. The van der Waals surface area contributed by atoms with Crippen molar-refractivity contribution in [1.29, 1.82) is 5.41 Å². The lowest BCUT2D eigenvalue weighted by Crippen LogP contribution is -2.39. The number of hydrogen-bond donors (Lipinski definition) is 1. The second-order valence-electron chi connectivity index (χ2n) is 6.67. The van der Waals surface area contributed by atoms with E-state index < -0.39 is 4.92 Å². The van der Waals surface area contributed by atoms with Crippen LogP contribution in [0.4, 0.5) is 5.82 Å². The third-order valence-corrected chi connectivity index (χ3v) is 4.98. The summed E-state index contributed by atoms with van der Waals surface area (Å²) in [5.74, 6) is 0.197. The van der Waals surface area contributed by atoms with E-state index in [2.05, 4.69) is 20.0 Å². The van der Waals surface area contributed by atoms with Crippen molar-refractivity contribution in [2.45, 2.75) is 6.54 Å². The molecule has 0 radical (unpaired) electrons. The van der Waals surface area contributed by atoms with Gasteiger partial charge in [0.05, 0.1) is 32.0 Å². The molecule has 14 heteroatoms. The van der Waals surface area contributed by atoms with Crippen LogP contribution in [-0.2, 0) is 25.4 Å². The maximum absolute atomic E-state index is 11.1. The summed E-state index contributed by atoms with van der Waals surface area (Å²) >= 11 is 0. The second-order valence-corrected chi connectivity index (χ2v) is 6.67. The molecule has 1 saturated heterocycles.